The maximum atomic E-state index is 13.0. The number of amides is 1. The van der Waals surface area contributed by atoms with Crippen LogP contribution in [0.5, 0.6) is 5.75 Å². The number of nitro benzene ring substituents is 1. The molecule has 1 amide bonds. The molecule has 0 bridgehead atoms. The van der Waals surface area contributed by atoms with Gasteiger partial charge in [0.2, 0.25) is 5.76 Å². The average Bonchev–Trinajstić information content (AvgIpc) is 3.24. The molecule has 5 rings (SSSR count). The summed E-state index contributed by atoms with van der Waals surface area (Å²) in [5.41, 5.74) is 3.87. The lowest BCUT2D eigenvalue weighted by Crippen LogP contribution is -2.22. The van der Waals surface area contributed by atoms with E-state index in [0.717, 1.165) is 16.8 Å². The number of halogens is 1. The Morgan fingerprint density at radius 1 is 1.08 bits per heavy atom. The van der Waals surface area contributed by atoms with Gasteiger partial charge in [0.15, 0.2) is 0 Å². The van der Waals surface area contributed by atoms with Crippen LogP contribution < -0.4 is 10.2 Å². The number of benzene rings is 3. The highest BCUT2D eigenvalue weighted by molar-refractivity contribution is 6.32. The van der Waals surface area contributed by atoms with Crippen molar-refractivity contribution in [2.75, 3.05) is 0 Å². The SMILES string of the molecule is Cc1c(C(=O)Oc2ccc3ccccc3c2)oc2c1/C(=N/NC(=O)c1ccc(Cl)c([N+](=O)[O-])c1)CCC2. The molecule has 9 nitrogen and oxygen atoms in total. The third kappa shape index (κ3) is 4.81. The second kappa shape index (κ2) is 9.87. The first-order chi connectivity index (χ1) is 17.8. The van der Waals surface area contributed by atoms with E-state index in [0.29, 0.717) is 47.6 Å². The fourth-order valence-corrected chi connectivity index (χ4v) is 4.52. The summed E-state index contributed by atoms with van der Waals surface area (Å²) in [6, 6.07) is 16.9. The molecule has 4 aromatic rings. The Kier molecular flexibility index (Phi) is 6.45. The van der Waals surface area contributed by atoms with Crippen LogP contribution in [0.25, 0.3) is 10.8 Å². The molecule has 10 heteroatoms. The van der Waals surface area contributed by atoms with Crippen molar-refractivity contribution >= 4 is 45.6 Å². The maximum Gasteiger partial charge on any atom is 0.379 e. The Labute approximate surface area is 215 Å². The monoisotopic (exact) mass is 517 g/mol. The van der Waals surface area contributed by atoms with Crippen LogP contribution in [0, 0.1) is 17.0 Å². The number of ether oxygens (including phenoxy) is 1. The number of hydrazone groups is 1. The zero-order chi connectivity index (χ0) is 26.1. The number of nitro groups is 1. The molecule has 37 heavy (non-hydrogen) atoms. The lowest BCUT2D eigenvalue weighted by atomic mass is 9.93. The quantitative estimate of drug-likeness (QED) is 0.150. The summed E-state index contributed by atoms with van der Waals surface area (Å²) in [7, 11) is 0. The second-order valence-electron chi connectivity index (χ2n) is 8.53. The number of carbonyl (C=O) groups excluding carboxylic acids is 2. The predicted octanol–water partition coefficient (Wildman–Crippen LogP) is 5.99. The molecule has 0 fully saturated rings. The van der Waals surface area contributed by atoms with E-state index < -0.39 is 16.8 Å². The van der Waals surface area contributed by atoms with Crippen LogP contribution in [0.3, 0.4) is 0 Å². The van der Waals surface area contributed by atoms with Gasteiger partial charge in [0.05, 0.1) is 10.6 Å². The van der Waals surface area contributed by atoms with Crippen molar-refractivity contribution < 1.29 is 23.7 Å². The number of carbonyl (C=O) groups is 2. The first kappa shape index (κ1) is 24.2. The Bertz CT molecular complexity index is 1610. The van der Waals surface area contributed by atoms with Crippen molar-refractivity contribution in [1.29, 1.82) is 0 Å². The smallest absolute Gasteiger partial charge is 0.379 e. The van der Waals surface area contributed by atoms with Gasteiger partial charge in [-0.3, -0.25) is 14.9 Å². The van der Waals surface area contributed by atoms with Gasteiger partial charge >= 0.3 is 5.97 Å². The van der Waals surface area contributed by atoms with Crippen molar-refractivity contribution in [2.45, 2.75) is 26.2 Å². The van der Waals surface area contributed by atoms with Crippen LogP contribution in [0.4, 0.5) is 5.69 Å². The van der Waals surface area contributed by atoms with Crippen LogP contribution in [-0.2, 0) is 6.42 Å². The minimum atomic E-state index is -0.661. The summed E-state index contributed by atoms with van der Waals surface area (Å²) in [4.78, 5) is 36.0. The highest BCUT2D eigenvalue weighted by Crippen LogP contribution is 2.31. The predicted molar refractivity (Wildman–Crippen MR) is 137 cm³/mol. The van der Waals surface area contributed by atoms with Gasteiger partial charge in [-0.05, 0) is 54.8 Å². The van der Waals surface area contributed by atoms with E-state index in [1.54, 1.807) is 19.1 Å². The first-order valence-electron chi connectivity index (χ1n) is 11.5. The molecule has 1 heterocycles. The summed E-state index contributed by atoms with van der Waals surface area (Å²) in [5.74, 6) is -0.192. The van der Waals surface area contributed by atoms with Gasteiger partial charge in [-0.15, -0.1) is 0 Å². The zero-order valence-electron chi connectivity index (χ0n) is 19.6. The average molecular weight is 518 g/mol. The number of hydrogen-bond donors (Lipinski definition) is 1. The first-order valence-corrected chi connectivity index (χ1v) is 11.8. The highest BCUT2D eigenvalue weighted by Gasteiger charge is 2.29. The Morgan fingerprint density at radius 3 is 2.65 bits per heavy atom. The molecular weight excluding hydrogens is 498 g/mol. The van der Waals surface area contributed by atoms with Gasteiger partial charge in [-0.2, -0.15) is 5.10 Å². The summed E-state index contributed by atoms with van der Waals surface area (Å²) in [6.45, 7) is 1.74. The number of nitrogens with one attached hydrogen (secondary N) is 1. The van der Waals surface area contributed by atoms with Crippen LogP contribution in [0.1, 0.15) is 50.6 Å². The Balaban J connectivity index is 1.37. The molecule has 1 aliphatic rings. The van der Waals surface area contributed by atoms with Crippen LogP contribution >= 0.6 is 11.6 Å². The standard InChI is InChI=1S/C27H20ClN3O6/c1-15-24-21(29-30-26(32)18-10-12-20(28)22(14-18)31(34)35)7-4-8-23(24)37-25(15)27(33)36-19-11-9-16-5-2-3-6-17(16)13-19/h2-3,5-6,9-14H,4,7-8H2,1H3,(H,30,32)/b29-21+. The molecule has 0 atom stereocenters. The number of hydrogen-bond acceptors (Lipinski definition) is 7. The topological polar surface area (TPSA) is 124 Å². The molecule has 0 aliphatic heterocycles. The van der Waals surface area contributed by atoms with E-state index in [4.69, 9.17) is 20.8 Å². The van der Waals surface area contributed by atoms with E-state index in [2.05, 4.69) is 10.5 Å². The molecule has 0 saturated heterocycles. The van der Waals surface area contributed by atoms with E-state index in [1.807, 2.05) is 30.3 Å². The maximum absolute atomic E-state index is 13.0. The number of rotatable bonds is 5. The van der Waals surface area contributed by atoms with Crippen molar-refractivity contribution in [2.24, 2.45) is 5.10 Å². The van der Waals surface area contributed by atoms with Gasteiger partial charge in [-0.1, -0.05) is 41.9 Å². The van der Waals surface area contributed by atoms with E-state index >= 15 is 0 Å². The van der Waals surface area contributed by atoms with Gasteiger partial charge in [0.1, 0.15) is 16.5 Å². The summed E-state index contributed by atoms with van der Waals surface area (Å²) in [5, 5.41) is 17.3. The van der Waals surface area contributed by atoms with E-state index in [1.165, 1.54) is 12.1 Å². The van der Waals surface area contributed by atoms with Crippen molar-refractivity contribution in [1.82, 2.24) is 5.43 Å². The van der Waals surface area contributed by atoms with Crippen LogP contribution in [0.2, 0.25) is 5.02 Å². The van der Waals surface area contributed by atoms with Crippen LogP contribution in [-0.4, -0.2) is 22.5 Å². The number of fused-ring (bicyclic) bond motifs is 2. The molecule has 0 radical (unpaired) electrons. The van der Waals surface area contributed by atoms with Gasteiger partial charge in [0, 0.05) is 29.2 Å². The van der Waals surface area contributed by atoms with Crippen molar-refractivity contribution in [3.05, 3.63) is 104 Å². The Hall–Kier alpha value is -4.50. The molecule has 1 aromatic heterocycles. The molecule has 1 aliphatic carbocycles. The highest BCUT2D eigenvalue weighted by atomic mass is 35.5. The number of esters is 1. The molecular formula is C27H20ClN3O6. The van der Waals surface area contributed by atoms with Gasteiger partial charge < -0.3 is 9.15 Å². The Morgan fingerprint density at radius 2 is 1.86 bits per heavy atom. The molecule has 0 saturated carbocycles. The largest absolute Gasteiger partial charge is 0.453 e. The van der Waals surface area contributed by atoms with Crippen molar-refractivity contribution in [3.8, 4) is 5.75 Å². The van der Waals surface area contributed by atoms with E-state index in [9.17, 15) is 19.7 Å². The van der Waals surface area contributed by atoms with Gasteiger partial charge in [-0.25, -0.2) is 10.2 Å². The summed E-state index contributed by atoms with van der Waals surface area (Å²) < 4.78 is 11.5. The fraction of sp³-hybridized carbons (Fsp3) is 0.148. The van der Waals surface area contributed by atoms with Crippen LogP contribution in [0.15, 0.2) is 70.2 Å². The van der Waals surface area contributed by atoms with Gasteiger partial charge in [0.25, 0.3) is 11.6 Å². The number of nitrogens with zero attached hydrogens (tertiary/aromatic N) is 2. The lowest BCUT2D eigenvalue weighted by Gasteiger charge is -2.13. The van der Waals surface area contributed by atoms with Crippen molar-refractivity contribution in [3.63, 3.8) is 0 Å². The summed E-state index contributed by atoms with van der Waals surface area (Å²) in [6.07, 6.45) is 1.86. The van der Waals surface area contributed by atoms with E-state index in [-0.39, 0.29) is 22.0 Å². The molecule has 0 spiro atoms. The molecule has 186 valence electrons. The minimum Gasteiger partial charge on any atom is -0.453 e. The number of furan rings is 1. The molecule has 3 aromatic carbocycles. The lowest BCUT2D eigenvalue weighted by molar-refractivity contribution is -0.384. The third-order valence-corrected chi connectivity index (χ3v) is 6.46. The summed E-state index contributed by atoms with van der Waals surface area (Å²) >= 11 is 5.82. The fourth-order valence-electron chi connectivity index (χ4n) is 4.34. The normalized spacial score (nSPS) is 13.8. The second-order valence-corrected chi connectivity index (χ2v) is 8.94. The number of aryl methyl sites for hydroxylation is 1. The molecule has 1 N–H and O–H groups in total. The molecule has 0 unspecified atom stereocenters. The minimum absolute atomic E-state index is 0.0417. The third-order valence-electron chi connectivity index (χ3n) is 6.14. The zero-order valence-corrected chi connectivity index (χ0v) is 20.4.